The van der Waals surface area contributed by atoms with Crippen LogP contribution in [0.3, 0.4) is 0 Å². The van der Waals surface area contributed by atoms with Crippen molar-refractivity contribution in [2.75, 3.05) is 30.8 Å². The Morgan fingerprint density at radius 1 is 0.889 bits per heavy atom. The van der Waals surface area contributed by atoms with Gasteiger partial charge in [0.05, 0.1) is 24.5 Å². The number of nitrogen functional groups attached to an aromatic ring is 1. The lowest BCUT2D eigenvalue weighted by Gasteiger charge is -2.33. The molecule has 0 spiro atoms. The number of nitrogens with zero attached hydrogens (tertiary/aromatic N) is 4. The molecule has 276 valence electrons. The van der Waals surface area contributed by atoms with Gasteiger partial charge in [-0.15, -0.1) is 0 Å². The van der Waals surface area contributed by atoms with Crippen LogP contribution in [-0.4, -0.2) is 57.0 Å². The summed E-state index contributed by atoms with van der Waals surface area (Å²) < 4.78 is 23.0. The topological polar surface area (TPSA) is 132 Å². The Bertz CT molecular complexity index is 2260. The maximum Gasteiger partial charge on any atom is 0.261 e. The normalized spacial score (nSPS) is 17.3. The van der Waals surface area contributed by atoms with Gasteiger partial charge in [0.15, 0.2) is 0 Å². The fraction of sp³-hybridized carbons (Fsp3) is 0.326. The number of ether oxygens (including phenoxy) is 1. The monoisotopic (exact) mass is 726 g/mol. The van der Waals surface area contributed by atoms with E-state index < -0.39 is 17.2 Å². The number of hydrogen-bond acceptors (Lipinski definition) is 7. The molecule has 5 heterocycles. The van der Waals surface area contributed by atoms with Gasteiger partial charge in [-0.05, 0) is 85.5 Å². The Kier molecular flexibility index (Phi) is 9.81. The highest BCUT2D eigenvalue weighted by atomic mass is 19.1. The van der Waals surface area contributed by atoms with Crippen molar-refractivity contribution in [2.24, 2.45) is 11.8 Å². The van der Waals surface area contributed by atoms with E-state index in [0.29, 0.717) is 41.6 Å². The first-order valence-corrected chi connectivity index (χ1v) is 18.7. The number of nitrogens with one attached hydrogen (secondary N) is 1. The van der Waals surface area contributed by atoms with E-state index in [9.17, 15) is 14.4 Å². The fourth-order valence-electron chi connectivity index (χ4n) is 7.57. The molecule has 1 aliphatic carbocycles. The predicted octanol–water partition coefficient (Wildman–Crippen LogP) is 6.90. The van der Waals surface area contributed by atoms with Crippen LogP contribution in [0.15, 0.2) is 90.2 Å². The predicted molar refractivity (Wildman–Crippen MR) is 206 cm³/mol. The molecular weight excluding hydrogens is 684 g/mol. The molecule has 11 heteroatoms. The number of likely N-dealkylation sites (tertiary alicyclic amines) is 1. The van der Waals surface area contributed by atoms with Crippen LogP contribution in [0.5, 0.6) is 0 Å². The first kappa shape index (κ1) is 35.4. The summed E-state index contributed by atoms with van der Waals surface area (Å²) in [6, 6.07) is 18.1. The van der Waals surface area contributed by atoms with Crippen LogP contribution in [0.2, 0.25) is 0 Å². The highest BCUT2D eigenvalue weighted by Gasteiger charge is 2.34. The lowest BCUT2D eigenvalue weighted by molar-refractivity contribution is -0.132. The Hall–Kier alpha value is -5.68. The smallest absolute Gasteiger partial charge is 0.261 e. The van der Waals surface area contributed by atoms with Crippen molar-refractivity contribution < 1.29 is 18.7 Å². The number of hydrogen-bond donors (Lipinski definition) is 2. The van der Waals surface area contributed by atoms with E-state index in [-0.39, 0.29) is 34.6 Å². The summed E-state index contributed by atoms with van der Waals surface area (Å²) >= 11 is 0. The second-order valence-electron chi connectivity index (χ2n) is 15.0. The summed E-state index contributed by atoms with van der Waals surface area (Å²) in [6.45, 7) is 4.82. The molecule has 10 nitrogen and oxygen atoms in total. The van der Waals surface area contributed by atoms with E-state index in [1.54, 1.807) is 49.1 Å². The number of aryl methyl sites for hydroxylation is 1. The van der Waals surface area contributed by atoms with Crippen LogP contribution in [-0.2, 0) is 22.5 Å². The van der Waals surface area contributed by atoms with Crippen molar-refractivity contribution in [1.29, 1.82) is 0 Å². The maximum atomic E-state index is 15.8. The van der Waals surface area contributed by atoms with Crippen LogP contribution >= 0.6 is 0 Å². The zero-order chi connectivity index (χ0) is 37.3. The molecule has 2 saturated heterocycles. The van der Waals surface area contributed by atoms with E-state index >= 15 is 4.39 Å². The Morgan fingerprint density at radius 2 is 1.70 bits per heavy atom. The molecule has 5 aromatic rings. The third-order valence-corrected chi connectivity index (χ3v) is 11.0. The molecule has 3 N–H and O–H groups in total. The average molecular weight is 727 g/mol. The summed E-state index contributed by atoms with van der Waals surface area (Å²) in [5.41, 5.74) is 11.2. The minimum atomic E-state index is -0.629. The first-order valence-electron chi connectivity index (χ1n) is 18.7. The minimum Gasteiger partial charge on any atom is -0.383 e. The van der Waals surface area contributed by atoms with Crippen molar-refractivity contribution in [3.05, 3.63) is 118 Å². The number of rotatable bonds is 11. The number of pyridine rings is 3. The fourth-order valence-corrected chi connectivity index (χ4v) is 7.57. The van der Waals surface area contributed by atoms with Gasteiger partial charge in [0, 0.05) is 78.6 Å². The summed E-state index contributed by atoms with van der Waals surface area (Å²) in [5.74, 6) is 0.0741. The number of halogens is 1. The summed E-state index contributed by atoms with van der Waals surface area (Å²) in [6.07, 6.45) is 12.3. The van der Waals surface area contributed by atoms with E-state index in [1.807, 2.05) is 34.6 Å². The molecule has 1 saturated carbocycles. The van der Waals surface area contributed by atoms with Gasteiger partial charge >= 0.3 is 0 Å². The molecule has 2 aliphatic heterocycles. The molecule has 0 radical (unpaired) electrons. The van der Waals surface area contributed by atoms with Crippen molar-refractivity contribution in [1.82, 2.24) is 19.4 Å². The molecular formula is C43H43FN6O4. The first-order chi connectivity index (χ1) is 26.2. The Balaban J connectivity index is 0.991. The maximum absolute atomic E-state index is 15.8. The van der Waals surface area contributed by atoms with Crippen LogP contribution in [0.4, 0.5) is 15.9 Å². The summed E-state index contributed by atoms with van der Waals surface area (Å²) in [7, 11) is 0. The number of aromatic nitrogens is 3. The second kappa shape index (κ2) is 15.0. The Labute approximate surface area is 313 Å². The molecule has 54 heavy (non-hydrogen) atoms. The number of nitrogens with two attached hydrogens (primary N) is 1. The van der Waals surface area contributed by atoms with Crippen LogP contribution in [0.1, 0.15) is 53.6 Å². The SMILES string of the molecule is Cc1ccc(-c2cn(CC3CCC3)cc(C(=O)Nc3ccc(-c4cc(-c5ccc(C[C@@H]6CCC(=O)N6CC6COC6)cc5)cnc4N)c(F)c3)c2=O)nc1. The molecule has 8 rings (SSSR count). The van der Waals surface area contributed by atoms with Crippen molar-refractivity contribution in [2.45, 2.75) is 58.0 Å². The number of anilines is 2. The van der Waals surface area contributed by atoms with Crippen molar-refractivity contribution in [3.8, 4) is 33.5 Å². The zero-order valence-electron chi connectivity index (χ0n) is 30.3. The zero-order valence-corrected chi connectivity index (χ0v) is 30.3. The van der Waals surface area contributed by atoms with Gasteiger partial charge in [0.2, 0.25) is 11.3 Å². The molecule has 2 aromatic carbocycles. The number of carbonyl (C=O) groups is 2. The lowest BCUT2D eigenvalue weighted by Crippen LogP contribution is -2.44. The highest BCUT2D eigenvalue weighted by molar-refractivity contribution is 6.04. The van der Waals surface area contributed by atoms with Crippen LogP contribution in [0.25, 0.3) is 33.5 Å². The van der Waals surface area contributed by atoms with Crippen molar-refractivity contribution >= 4 is 23.3 Å². The average Bonchev–Trinajstić information content (AvgIpc) is 3.47. The van der Waals surface area contributed by atoms with Gasteiger partial charge in [0.25, 0.3) is 5.91 Å². The van der Waals surface area contributed by atoms with Crippen LogP contribution in [0, 0.1) is 24.6 Å². The van der Waals surface area contributed by atoms with E-state index in [4.69, 9.17) is 10.5 Å². The molecule has 0 unspecified atom stereocenters. The van der Waals surface area contributed by atoms with Gasteiger partial charge in [-0.1, -0.05) is 36.8 Å². The lowest BCUT2D eigenvalue weighted by atomic mass is 9.85. The third kappa shape index (κ3) is 7.41. The standard InChI is InChI=1S/C43H43FN6O4/c1-26-5-13-39(46-18-26)36-22-49(20-28-3-2-4-28)23-37(41(36)52)43(53)48-32-10-12-34(38(44)17-32)35-16-31(19-47-42(35)45)30-8-6-27(7-9-30)15-33-11-14-40(51)50(33)21-29-24-54-25-29/h5-10,12-13,16-19,22-23,28-29,33H,2-4,11,14-15,20-21,24-25H2,1H3,(H2,45,47)(H,48,53)/t33-/m0/s1. The summed E-state index contributed by atoms with van der Waals surface area (Å²) in [5, 5.41) is 2.73. The Morgan fingerprint density at radius 3 is 2.39 bits per heavy atom. The highest BCUT2D eigenvalue weighted by Crippen LogP contribution is 2.34. The van der Waals surface area contributed by atoms with Crippen molar-refractivity contribution in [3.63, 3.8) is 0 Å². The second-order valence-corrected chi connectivity index (χ2v) is 15.0. The molecule has 2 amide bonds. The number of carbonyl (C=O) groups excluding carboxylic acids is 2. The van der Waals surface area contributed by atoms with Gasteiger partial charge in [-0.2, -0.15) is 0 Å². The molecule has 3 aromatic heterocycles. The molecule has 0 bridgehead atoms. The summed E-state index contributed by atoms with van der Waals surface area (Å²) in [4.78, 5) is 50.6. The molecule has 3 aliphatic rings. The van der Waals surface area contributed by atoms with Gasteiger partial charge in [-0.3, -0.25) is 19.4 Å². The van der Waals surface area contributed by atoms with Gasteiger partial charge < -0.3 is 25.3 Å². The van der Waals surface area contributed by atoms with E-state index in [2.05, 4.69) is 27.4 Å². The number of benzene rings is 2. The minimum absolute atomic E-state index is 0.0383. The quantitative estimate of drug-likeness (QED) is 0.151. The van der Waals surface area contributed by atoms with E-state index in [0.717, 1.165) is 67.7 Å². The van der Waals surface area contributed by atoms with Crippen LogP contribution < -0.4 is 16.5 Å². The molecule has 3 fully saturated rings. The van der Waals surface area contributed by atoms with Gasteiger partial charge in [-0.25, -0.2) is 9.37 Å². The van der Waals surface area contributed by atoms with Gasteiger partial charge in [0.1, 0.15) is 17.2 Å². The number of amides is 2. The van der Waals surface area contributed by atoms with E-state index in [1.165, 1.54) is 12.5 Å². The third-order valence-electron chi connectivity index (χ3n) is 11.0. The molecule has 1 atom stereocenters. The largest absolute Gasteiger partial charge is 0.383 e.